The van der Waals surface area contributed by atoms with Crippen LogP contribution in [-0.4, -0.2) is 49.8 Å². The van der Waals surface area contributed by atoms with E-state index in [1.807, 2.05) is 81.7 Å². The Morgan fingerprint density at radius 2 is 1.37 bits per heavy atom. The van der Waals surface area contributed by atoms with E-state index in [-0.39, 0.29) is 26.4 Å². The summed E-state index contributed by atoms with van der Waals surface area (Å²) in [6, 6.07) is 9.40. The summed E-state index contributed by atoms with van der Waals surface area (Å²) in [6.45, 7) is 0.690. The third-order valence-corrected chi connectivity index (χ3v) is 4.64. The molecular formula is C24H27NO5. The molecule has 0 spiro atoms. The maximum atomic E-state index is 12.4. The summed E-state index contributed by atoms with van der Waals surface area (Å²) >= 11 is 0. The first kappa shape index (κ1) is 23.0. The van der Waals surface area contributed by atoms with Crippen molar-refractivity contribution in [2.45, 2.75) is 12.1 Å². The number of carbonyl (C=O) groups is 1. The molecule has 0 bridgehead atoms. The van der Waals surface area contributed by atoms with Gasteiger partial charge in [-0.3, -0.25) is 0 Å². The van der Waals surface area contributed by atoms with Gasteiger partial charge in [0.05, 0.1) is 33.0 Å². The lowest BCUT2D eigenvalue weighted by Gasteiger charge is -2.32. The number of hydrogen-bond acceptors (Lipinski definition) is 5. The fourth-order valence-electron chi connectivity index (χ4n) is 2.97. The largest absolute Gasteiger partial charge is 0.445 e. The van der Waals surface area contributed by atoms with Gasteiger partial charge in [-0.2, -0.15) is 0 Å². The lowest BCUT2D eigenvalue weighted by Crippen LogP contribution is -2.58. The molecule has 6 heteroatoms. The summed E-state index contributed by atoms with van der Waals surface area (Å²) in [7, 11) is 0. The summed E-state index contributed by atoms with van der Waals surface area (Å²) in [5.74, 6) is 2.04. The van der Waals surface area contributed by atoms with Gasteiger partial charge >= 0.3 is 6.09 Å². The number of aliphatic hydroxyl groups is 1. The maximum absolute atomic E-state index is 12.4. The number of amides is 1. The molecule has 0 unspecified atom stereocenters. The third kappa shape index (κ3) is 7.56. The molecule has 2 N–H and O–H groups in total. The second kappa shape index (κ2) is 12.3. The topological polar surface area (TPSA) is 77.0 Å². The number of hydrogen-bond donors (Lipinski definition) is 2. The van der Waals surface area contributed by atoms with Gasteiger partial charge in [0.15, 0.2) is 0 Å². The summed E-state index contributed by atoms with van der Waals surface area (Å²) in [5, 5.41) is 12.8. The molecule has 2 fully saturated rings. The van der Waals surface area contributed by atoms with Crippen molar-refractivity contribution < 1.29 is 24.1 Å². The van der Waals surface area contributed by atoms with Gasteiger partial charge in [0.25, 0.3) is 0 Å². The Balaban J connectivity index is 1.51. The normalized spacial score (nSPS) is 18.0. The molecule has 10 radical (unpaired) electrons. The zero-order valence-electron chi connectivity index (χ0n) is 16.8. The van der Waals surface area contributed by atoms with Crippen molar-refractivity contribution in [1.82, 2.24) is 5.32 Å². The van der Waals surface area contributed by atoms with Crippen molar-refractivity contribution in [3.05, 3.63) is 99.1 Å². The van der Waals surface area contributed by atoms with Crippen molar-refractivity contribution in [1.29, 1.82) is 0 Å². The molecule has 2 saturated carbocycles. The van der Waals surface area contributed by atoms with Crippen LogP contribution in [0.4, 0.5) is 4.79 Å². The van der Waals surface area contributed by atoms with Crippen LogP contribution in [0.3, 0.4) is 0 Å². The molecule has 0 atom stereocenters. The molecule has 158 valence electrons. The van der Waals surface area contributed by atoms with Gasteiger partial charge in [-0.1, -0.05) is 30.3 Å². The number of alkyl carbamates (subject to hydrolysis) is 1. The van der Waals surface area contributed by atoms with E-state index < -0.39 is 11.6 Å². The van der Waals surface area contributed by atoms with Gasteiger partial charge in [-0.05, 0) is 56.9 Å². The van der Waals surface area contributed by atoms with E-state index in [0.717, 1.165) is 17.4 Å². The monoisotopic (exact) mass is 409 g/mol. The number of benzene rings is 1. The van der Waals surface area contributed by atoms with Crippen LogP contribution in [0.5, 0.6) is 0 Å². The van der Waals surface area contributed by atoms with Crippen LogP contribution in [0, 0.1) is 63.2 Å². The minimum atomic E-state index is -1.12. The Bertz CT molecular complexity index is 589. The number of rotatable bonds is 12. The predicted molar refractivity (Wildman–Crippen MR) is 112 cm³/mol. The van der Waals surface area contributed by atoms with Crippen molar-refractivity contribution in [2.75, 3.05) is 33.0 Å². The van der Waals surface area contributed by atoms with Crippen LogP contribution in [0.25, 0.3) is 0 Å². The van der Waals surface area contributed by atoms with E-state index in [9.17, 15) is 9.90 Å². The predicted octanol–water partition coefficient (Wildman–Crippen LogP) is 2.49. The zero-order chi connectivity index (χ0) is 21.1. The molecule has 1 aromatic rings. The molecule has 0 heterocycles. The van der Waals surface area contributed by atoms with Crippen LogP contribution >= 0.6 is 0 Å². The van der Waals surface area contributed by atoms with Gasteiger partial charge in [0.2, 0.25) is 0 Å². The number of aliphatic hydroxyl groups excluding tert-OH is 1. The zero-order valence-corrected chi connectivity index (χ0v) is 16.8. The standard InChI is InChI=1S/C24H27NO5/c26-17-24(18-28-14-20-10-4-5-11-20,19-29-15-21-12-6-7-13-21)25-23(27)30-16-22-8-2-1-3-9-22/h1-13,26H,14-19H2,(H,25,27). The Hall–Kier alpha value is -1.63. The van der Waals surface area contributed by atoms with Gasteiger partial charge in [0, 0.05) is 11.8 Å². The quantitative estimate of drug-likeness (QED) is 0.555. The van der Waals surface area contributed by atoms with Gasteiger partial charge in [0.1, 0.15) is 12.1 Å². The molecule has 0 saturated heterocycles. The average molecular weight is 409 g/mol. The van der Waals surface area contributed by atoms with E-state index in [4.69, 9.17) is 14.2 Å². The first-order valence-corrected chi connectivity index (χ1v) is 9.85. The van der Waals surface area contributed by atoms with E-state index >= 15 is 0 Å². The fourth-order valence-corrected chi connectivity index (χ4v) is 2.97. The number of nitrogens with one attached hydrogen (secondary N) is 1. The molecule has 3 rings (SSSR count). The molecule has 6 nitrogen and oxygen atoms in total. The summed E-state index contributed by atoms with van der Waals surface area (Å²) in [4.78, 5) is 12.4. The van der Waals surface area contributed by atoms with Crippen LogP contribution in [0.15, 0.2) is 30.3 Å². The second-order valence-corrected chi connectivity index (χ2v) is 7.20. The lowest BCUT2D eigenvalue weighted by atomic mass is 10.0. The highest BCUT2D eigenvalue weighted by Gasteiger charge is 2.34. The Kier molecular flexibility index (Phi) is 9.43. The molecule has 2 aliphatic rings. The van der Waals surface area contributed by atoms with Crippen LogP contribution in [-0.2, 0) is 20.8 Å². The van der Waals surface area contributed by atoms with Gasteiger partial charge in [-0.25, -0.2) is 4.79 Å². The number of carbonyl (C=O) groups excluding carboxylic acids is 1. The average Bonchev–Trinajstić information content (AvgIpc) is 3.47. The van der Waals surface area contributed by atoms with Gasteiger partial charge in [-0.15, -0.1) is 0 Å². The SMILES string of the molecule is O=C(NC(CO)(COC[C]1[CH][CH][CH][CH]1)COC[C]1[CH][CH][CH][CH]1)OCc1ccccc1. The van der Waals surface area contributed by atoms with Crippen molar-refractivity contribution >= 4 is 6.09 Å². The molecule has 2 aliphatic carbocycles. The minimum absolute atomic E-state index is 0.0795. The molecule has 30 heavy (non-hydrogen) atoms. The highest BCUT2D eigenvalue weighted by atomic mass is 16.6. The van der Waals surface area contributed by atoms with Crippen molar-refractivity contribution in [3.63, 3.8) is 0 Å². The summed E-state index contributed by atoms with van der Waals surface area (Å²) in [6.07, 6.45) is 14.9. The van der Waals surface area contributed by atoms with Crippen LogP contribution in [0.2, 0.25) is 0 Å². The van der Waals surface area contributed by atoms with E-state index in [1.54, 1.807) is 0 Å². The molecule has 0 aliphatic heterocycles. The van der Waals surface area contributed by atoms with Crippen molar-refractivity contribution in [2.24, 2.45) is 0 Å². The lowest BCUT2D eigenvalue weighted by molar-refractivity contribution is -0.0147. The van der Waals surface area contributed by atoms with Crippen LogP contribution < -0.4 is 5.32 Å². The smallest absolute Gasteiger partial charge is 0.408 e. The highest BCUT2D eigenvalue weighted by molar-refractivity contribution is 5.68. The minimum Gasteiger partial charge on any atom is -0.445 e. The Morgan fingerprint density at radius 1 is 0.833 bits per heavy atom. The van der Waals surface area contributed by atoms with E-state index in [1.165, 1.54) is 0 Å². The second-order valence-electron chi connectivity index (χ2n) is 7.20. The number of ether oxygens (including phenoxy) is 3. The van der Waals surface area contributed by atoms with Crippen LogP contribution in [0.1, 0.15) is 5.56 Å². The van der Waals surface area contributed by atoms with Gasteiger partial charge < -0.3 is 24.6 Å². The summed E-state index contributed by atoms with van der Waals surface area (Å²) in [5.41, 5.74) is -0.241. The molecule has 1 amide bonds. The fraction of sp³-hybridized carbons (Fsp3) is 0.292. The Labute approximate surface area is 180 Å². The molecule has 1 aromatic carbocycles. The molecular weight excluding hydrogens is 382 g/mol. The third-order valence-electron chi connectivity index (χ3n) is 4.64. The van der Waals surface area contributed by atoms with E-state index in [2.05, 4.69) is 5.32 Å². The highest BCUT2D eigenvalue weighted by Crippen LogP contribution is 2.25. The first-order chi connectivity index (χ1) is 14.7. The first-order valence-electron chi connectivity index (χ1n) is 9.85. The van der Waals surface area contributed by atoms with E-state index in [0.29, 0.717) is 13.2 Å². The molecule has 0 aromatic heterocycles. The summed E-state index contributed by atoms with van der Waals surface area (Å²) < 4.78 is 16.9. The van der Waals surface area contributed by atoms with Crippen molar-refractivity contribution in [3.8, 4) is 0 Å². The Morgan fingerprint density at radius 3 is 1.87 bits per heavy atom. The maximum Gasteiger partial charge on any atom is 0.408 e.